The van der Waals surface area contributed by atoms with Crippen molar-refractivity contribution in [3.63, 3.8) is 0 Å². The monoisotopic (exact) mass is 277 g/mol. The molecule has 108 valence electrons. The molecule has 0 aromatic rings. The highest BCUT2D eigenvalue weighted by Gasteiger charge is 2.28. The van der Waals surface area contributed by atoms with Gasteiger partial charge in [-0.25, -0.2) is 0 Å². The summed E-state index contributed by atoms with van der Waals surface area (Å²) in [5.74, 6) is 0.689. The number of halogens is 1. The molecule has 0 saturated heterocycles. The number of carbonyl (C=O) groups is 1. The number of nitrogens with zero attached hydrogens (tertiary/aromatic N) is 1. The lowest BCUT2D eigenvalue weighted by Crippen LogP contribution is -2.31. The molecule has 4 heteroatoms. The van der Waals surface area contributed by atoms with Gasteiger partial charge in [0.1, 0.15) is 6.61 Å². The highest BCUT2D eigenvalue weighted by molar-refractivity contribution is 5.85. The molecular formula is C14H28ClNO2. The normalized spacial score (nSPS) is 23.6. The van der Waals surface area contributed by atoms with Crippen molar-refractivity contribution in [2.75, 3.05) is 26.2 Å². The number of esters is 1. The number of hydrogen-bond acceptors (Lipinski definition) is 3. The van der Waals surface area contributed by atoms with Crippen molar-refractivity contribution in [3.05, 3.63) is 0 Å². The van der Waals surface area contributed by atoms with E-state index >= 15 is 0 Å². The van der Waals surface area contributed by atoms with Crippen molar-refractivity contribution in [2.45, 2.75) is 46.5 Å². The predicted molar refractivity (Wildman–Crippen MR) is 77.1 cm³/mol. The fourth-order valence-corrected chi connectivity index (χ4v) is 2.59. The van der Waals surface area contributed by atoms with Gasteiger partial charge in [-0.3, -0.25) is 4.79 Å². The SMILES string of the molecule is CCN(CC)CCOC(=O)[C@@H]1CCCC[C@H]1C.Cl. The molecule has 0 amide bonds. The quantitative estimate of drug-likeness (QED) is 0.699. The van der Waals surface area contributed by atoms with Crippen molar-refractivity contribution < 1.29 is 9.53 Å². The third kappa shape index (κ3) is 5.57. The maximum atomic E-state index is 11.9. The van der Waals surface area contributed by atoms with Crippen LogP contribution in [-0.4, -0.2) is 37.1 Å². The Morgan fingerprint density at radius 1 is 1.22 bits per heavy atom. The maximum Gasteiger partial charge on any atom is 0.309 e. The van der Waals surface area contributed by atoms with E-state index in [9.17, 15) is 4.79 Å². The summed E-state index contributed by atoms with van der Waals surface area (Å²) < 4.78 is 5.41. The van der Waals surface area contributed by atoms with E-state index in [0.717, 1.165) is 26.1 Å². The topological polar surface area (TPSA) is 29.5 Å². The van der Waals surface area contributed by atoms with E-state index in [0.29, 0.717) is 12.5 Å². The number of hydrogen-bond donors (Lipinski definition) is 0. The molecule has 1 fully saturated rings. The van der Waals surface area contributed by atoms with Crippen molar-refractivity contribution >= 4 is 18.4 Å². The largest absolute Gasteiger partial charge is 0.464 e. The Hall–Kier alpha value is -0.280. The highest BCUT2D eigenvalue weighted by Crippen LogP contribution is 2.30. The molecule has 1 aliphatic carbocycles. The molecule has 0 bridgehead atoms. The van der Waals surface area contributed by atoms with Gasteiger partial charge in [0.05, 0.1) is 5.92 Å². The zero-order valence-corrected chi connectivity index (χ0v) is 12.8. The van der Waals surface area contributed by atoms with Gasteiger partial charge in [-0.05, 0) is 31.8 Å². The Morgan fingerprint density at radius 3 is 2.39 bits per heavy atom. The minimum Gasteiger partial charge on any atom is -0.464 e. The van der Waals surface area contributed by atoms with Gasteiger partial charge in [0.15, 0.2) is 0 Å². The van der Waals surface area contributed by atoms with Gasteiger partial charge < -0.3 is 9.64 Å². The van der Waals surface area contributed by atoms with Crippen molar-refractivity contribution in [1.29, 1.82) is 0 Å². The van der Waals surface area contributed by atoms with Crippen LogP contribution in [0.5, 0.6) is 0 Å². The number of likely N-dealkylation sites (N-methyl/N-ethyl adjacent to an activating group) is 1. The van der Waals surface area contributed by atoms with Gasteiger partial charge in [0, 0.05) is 6.54 Å². The standard InChI is InChI=1S/C14H27NO2.ClH/c1-4-15(5-2)10-11-17-14(16)13-9-7-6-8-12(13)3;/h12-13H,4-11H2,1-3H3;1H/t12-,13-;/m1./s1. The van der Waals surface area contributed by atoms with E-state index in [1.807, 2.05) is 0 Å². The molecule has 1 rings (SSSR count). The second-order valence-electron chi connectivity index (χ2n) is 5.06. The van der Waals surface area contributed by atoms with Crippen LogP contribution in [-0.2, 0) is 9.53 Å². The first-order valence-corrected chi connectivity index (χ1v) is 7.08. The first kappa shape index (κ1) is 17.7. The third-order valence-electron chi connectivity index (χ3n) is 3.96. The lowest BCUT2D eigenvalue weighted by molar-refractivity contribution is -0.151. The van der Waals surface area contributed by atoms with Gasteiger partial charge in [-0.15, -0.1) is 12.4 Å². The summed E-state index contributed by atoms with van der Waals surface area (Å²) in [5, 5.41) is 0. The summed E-state index contributed by atoms with van der Waals surface area (Å²) in [6, 6.07) is 0. The van der Waals surface area contributed by atoms with Crippen LogP contribution < -0.4 is 0 Å². The minimum atomic E-state index is 0. The lowest BCUT2D eigenvalue weighted by Gasteiger charge is -2.27. The molecule has 0 heterocycles. The number of rotatable bonds is 6. The van der Waals surface area contributed by atoms with E-state index in [1.54, 1.807) is 0 Å². The fourth-order valence-electron chi connectivity index (χ4n) is 2.59. The Bertz CT molecular complexity index is 232. The van der Waals surface area contributed by atoms with Crippen molar-refractivity contribution in [3.8, 4) is 0 Å². The molecule has 2 atom stereocenters. The highest BCUT2D eigenvalue weighted by atomic mass is 35.5. The maximum absolute atomic E-state index is 11.9. The molecule has 0 aliphatic heterocycles. The lowest BCUT2D eigenvalue weighted by atomic mass is 9.80. The second-order valence-corrected chi connectivity index (χ2v) is 5.06. The summed E-state index contributed by atoms with van der Waals surface area (Å²) in [4.78, 5) is 14.2. The van der Waals surface area contributed by atoms with Gasteiger partial charge in [0.2, 0.25) is 0 Å². The molecule has 0 aromatic heterocycles. The third-order valence-corrected chi connectivity index (χ3v) is 3.96. The molecule has 1 saturated carbocycles. The zero-order valence-electron chi connectivity index (χ0n) is 12.0. The van der Waals surface area contributed by atoms with Gasteiger partial charge in [-0.1, -0.05) is 33.6 Å². The van der Waals surface area contributed by atoms with Gasteiger partial charge in [0.25, 0.3) is 0 Å². The second kappa shape index (κ2) is 9.62. The molecule has 1 aliphatic rings. The van der Waals surface area contributed by atoms with Gasteiger partial charge >= 0.3 is 5.97 Å². The van der Waals surface area contributed by atoms with E-state index < -0.39 is 0 Å². The van der Waals surface area contributed by atoms with Crippen LogP contribution in [0.2, 0.25) is 0 Å². The van der Waals surface area contributed by atoms with Crippen LogP contribution in [0.25, 0.3) is 0 Å². The van der Waals surface area contributed by atoms with Crippen LogP contribution in [0.1, 0.15) is 46.5 Å². The predicted octanol–water partition coefficient (Wildman–Crippen LogP) is 3.12. The molecule has 18 heavy (non-hydrogen) atoms. The molecule has 0 aromatic carbocycles. The molecule has 0 radical (unpaired) electrons. The molecule has 3 nitrogen and oxygen atoms in total. The summed E-state index contributed by atoms with van der Waals surface area (Å²) >= 11 is 0. The van der Waals surface area contributed by atoms with Crippen LogP contribution in [0, 0.1) is 11.8 Å². The van der Waals surface area contributed by atoms with Crippen molar-refractivity contribution in [1.82, 2.24) is 4.90 Å². The Morgan fingerprint density at radius 2 is 1.83 bits per heavy atom. The summed E-state index contributed by atoms with van der Waals surface area (Å²) in [5.41, 5.74) is 0. The number of ether oxygens (including phenoxy) is 1. The molecule has 0 N–H and O–H groups in total. The Balaban J connectivity index is 0.00000289. The zero-order chi connectivity index (χ0) is 12.7. The Kier molecular flexibility index (Phi) is 9.47. The van der Waals surface area contributed by atoms with E-state index in [1.165, 1.54) is 19.3 Å². The van der Waals surface area contributed by atoms with E-state index in [2.05, 4.69) is 25.7 Å². The number of carbonyl (C=O) groups excluding carboxylic acids is 1. The first-order chi connectivity index (χ1) is 8.19. The van der Waals surface area contributed by atoms with Crippen molar-refractivity contribution in [2.24, 2.45) is 11.8 Å². The summed E-state index contributed by atoms with van der Waals surface area (Å²) in [6.07, 6.45) is 4.64. The first-order valence-electron chi connectivity index (χ1n) is 7.08. The average molecular weight is 278 g/mol. The fraction of sp³-hybridized carbons (Fsp3) is 0.929. The van der Waals surface area contributed by atoms with E-state index in [4.69, 9.17) is 4.74 Å². The summed E-state index contributed by atoms with van der Waals surface area (Å²) in [7, 11) is 0. The molecular weight excluding hydrogens is 250 g/mol. The Labute approximate surface area is 118 Å². The smallest absolute Gasteiger partial charge is 0.309 e. The average Bonchev–Trinajstić information content (AvgIpc) is 2.35. The van der Waals surface area contributed by atoms with Crippen LogP contribution in [0.4, 0.5) is 0 Å². The van der Waals surface area contributed by atoms with Gasteiger partial charge in [-0.2, -0.15) is 0 Å². The van der Waals surface area contributed by atoms with Crippen LogP contribution in [0.15, 0.2) is 0 Å². The molecule has 0 spiro atoms. The van der Waals surface area contributed by atoms with Crippen LogP contribution >= 0.6 is 12.4 Å². The van der Waals surface area contributed by atoms with Crippen LogP contribution in [0.3, 0.4) is 0 Å². The molecule has 0 unspecified atom stereocenters. The summed E-state index contributed by atoms with van der Waals surface area (Å²) in [6.45, 7) is 9.89. The van der Waals surface area contributed by atoms with E-state index in [-0.39, 0.29) is 24.3 Å². The minimum absolute atomic E-state index is 0.